The molecule has 6 heteroatoms. The van der Waals surface area contributed by atoms with E-state index in [9.17, 15) is 13.2 Å². The number of para-hydroxylation sites is 1. The molecule has 2 rings (SSSR count). The van der Waals surface area contributed by atoms with E-state index in [0.717, 1.165) is 0 Å². The van der Waals surface area contributed by atoms with Crippen LogP contribution < -0.4 is 4.84 Å². The fourth-order valence-corrected chi connectivity index (χ4v) is 1.90. The van der Waals surface area contributed by atoms with Gasteiger partial charge in [-0.05, 0) is 25.0 Å². The van der Waals surface area contributed by atoms with E-state index in [0.29, 0.717) is 18.8 Å². The van der Waals surface area contributed by atoms with Crippen LogP contribution in [0.1, 0.15) is 12.8 Å². The summed E-state index contributed by atoms with van der Waals surface area (Å²) < 4.78 is 37.3. The van der Waals surface area contributed by atoms with Crippen LogP contribution in [0.3, 0.4) is 0 Å². The minimum absolute atomic E-state index is 0. The summed E-state index contributed by atoms with van der Waals surface area (Å²) in [6.45, 7) is 0.637. The third-order valence-electron chi connectivity index (χ3n) is 2.89. The summed E-state index contributed by atoms with van der Waals surface area (Å²) in [6.07, 6.45) is -3.86. The van der Waals surface area contributed by atoms with Gasteiger partial charge in [-0.3, -0.25) is 0 Å². The summed E-state index contributed by atoms with van der Waals surface area (Å²) in [5.74, 6) is -0.518. The second kappa shape index (κ2) is 6.29. The Balaban J connectivity index is 0.00000162. The van der Waals surface area contributed by atoms with Crippen molar-refractivity contribution in [2.75, 3.05) is 13.1 Å². The SMILES string of the molecule is Cl.FC(F)(F)C1CCN(Oc2ccccc2)CC1. The van der Waals surface area contributed by atoms with Crippen LogP contribution >= 0.6 is 12.4 Å². The number of rotatable bonds is 2. The van der Waals surface area contributed by atoms with Gasteiger partial charge >= 0.3 is 6.18 Å². The van der Waals surface area contributed by atoms with E-state index in [-0.39, 0.29) is 25.2 Å². The number of hydrogen-bond donors (Lipinski definition) is 0. The molecule has 0 radical (unpaired) electrons. The van der Waals surface area contributed by atoms with Gasteiger partial charge in [0, 0.05) is 13.1 Å². The normalized spacial score (nSPS) is 18.2. The zero-order valence-electron chi connectivity index (χ0n) is 9.69. The largest absolute Gasteiger partial charge is 0.406 e. The van der Waals surface area contributed by atoms with Crippen molar-refractivity contribution in [3.8, 4) is 5.75 Å². The summed E-state index contributed by atoms with van der Waals surface area (Å²) in [5, 5.41) is 1.59. The lowest BCUT2D eigenvalue weighted by atomic mass is 9.97. The first kappa shape index (κ1) is 15.1. The molecule has 2 nitrogen and oxygen atoms in total. The van der Waals surface area contributed by atoms with E-state index in [2.05, 4.69) is 0 Å². The van der Waals surface area contributed by atoms with Gasteiger partial charge in [-0.15, -0.1) is 17.5 Å². The van der Waals surface area contributed by atoms with Crippen LogP contribution in [0, 0.1) is 5.92 Å². The molecule has 0 unspecified atom stereocenters. The Morgan fingerprint density at radius 2 is 1.61 bits per heavy atom. The molecule has 1 aliphatic heterocycles. The number of hydroxylamine groups is 2. The van der Waals surface area contributed by atoms with Crippen molar-refractivity contribution >= 4 is 12.4 Å². The van der Waals surface area contributed by atoms with E-state index in [1.165, 1.54) is 0 Å². The van der Waals surface area contributed by atoms with Gasteiger partial charge in [0.2, 0.25) is 0 Å². The van der Waals surface area contributed by atoms with Crippen molar-refractivity contribution in [3.05, 3.63) is 30.3 Å². The fourth-order valence-electron chi connectivity index (χ4n) is 1.90. The second-order valence-electron chi connectivity index (χ2n) is 4.15. The smallest absolute Gasteiger partial charge is 0.391 e. The lowest BCUT2D eigenvalue weighted by Crippen LogP contribution is -2.40. The zero-order chi connectivity index (χ0) is 12.3. The highest BCUT2D eigenvalue weighted by Crippen LogP contribution is 2.34. The van der Waals surface area contributed by atoms with Gasteiger partial charge in [0.15, 0.2) is 0 Å². The van der Waals surface area contributed by atoms with Crippen LogP contribution in [0.5, 0.6) is 5.75 Å². The van der Waals surface area contributed by atoms with Gasteiger partial charge < -0.3 is 4.84 Å². The van der Waals surface area contributed by atoms with Crippen LogP contribution in [-0.4, -0.2) is 24.3 Å². The van der Waals surface area contributed by atoms with Crippen molar-refractivity contribution < 1.29 is 18.0 Å². The first-order chi connectivity index (χ1) is 8.05. The van der Waals surface area contributed by atoms with Crippen molar-refractivity contribution in [2.45, 2.75) is 19.0 Å². The number of halogens is 4. The summed E-state index contributed by atoms with van der Waals surface area (Å²) >= 11 is 0. The van der Waals surface area contributed by atoms with E-state index >= 15 is 0 Å². The molecule has 0 amide bonds. The Bertz CT molecular complexity index is 350. The van der Waals surface area contributed by atoms with Crippen LogP contribution in [-0.2, 0) is 0 Å². The Morgan fingerprint density at radius 1 is 1.06 bits per heavy atom. The van der Waals surface area contributed by atoms with Crippen molar-refractivity contribution in [2.24, 2.45) is 5.92 Å². The van der Waals surface area contributed by atoms with Crippen molar-refractivity contribution in [1.29, 1.82) is 0 Å². The Morgan fingerprint density at radius 3 is 2.11 bits per heavy atom. The molecule has 1 fully saturated rings. The minimum Gasteiger partial charge on any atom is -0.406 e. The standard InChI is InChI=1S/C12H14F3NO.ClH/c13-12(14,15)10-6-8-16(9-7-10)17-11-4-2-1-3-5-11;/h1-5,10H,6-9H2;1H. The van der Waals surface area contributed by atoms with Crippen LogP contribution in [0.4, 0.5) is 13.2 Å². The highest BCUT2D eigenvalue weighted by Gasteiger charge is 2.41. The monoisotopic (exact) mass is 281 g/mol. The molecule has 1 heterocycles. The predicted octanol–water partition coefficient (Wildman–Crippen LogP) is 3.68. The van der Waals surface area contributed by atoms with Crippen LogP contribution in [0.2, 0.25) is 0 Å². The van der Waals surface area contributed by atoms with E-state index in [1.807, 2.05) is 18.2 Å². The molecular weight excluding hydrogens is 267 g/mol. The van der Waals surface area contributed by atoms with Gasteiger partial charge in [0.1, 0.15) is 5.75 Å². The maximum atomic E-state index is 12.4. The molecule has 0 aliphatic carbocycles. The van der Waals surface area contributed by atoms with E-state index < -0.39 is 12.1 Å². The summed E-state index contributed by atoms with van der Waals surface area (Å²) in [5.41, 5.74) is 0. The molecule has 0 aromatic heterocycles. The lowest BCUT2D eigenvalue weighted by Gasteiger charge is -2.32. The number of piperidine rings is 1. The maximum Gasteiger partial charge on any atom is 0.391 e. The highest BCUT2D eigenvalue weighted by molar-refractivity contribution is 5.85. The second-order valence-corrected chi connectivity index (χ2v) is 4.15. The third kappa shape index (κ3) is 4.07. The van der Waals surface area contributed by atoms with Gasteiger partial charge in [-0.25, -0.2) is 0 Å². The molecule has 0 spiro atoms. The van der Waals surface area contributed by atoms with Crippen molar-refractivity contribution in [1.82, 2.24) is 5.06 Å². The summed E-state index contributed by atoms with van der Waals surface area (Å²) in [4.78, 5) is 5.48. The molecule has 0 atom stereocenters. The molecule has 1 aliphatic rings. The van der Waals surface area contributed by atoms with Crippen molar-refractivity contribution in [3.63, 3.8) is 0 Å². The van der Waals surface area contributed by atoms with E-state index in [1.54, 1.807) is 17.2 Å². The minimum atomic E-state index is -4.07. The fraction of sp³-hybridized carbons (Fsp3) is 0.500. The number of alkyl halides is 3. The Kier molecular flexibility index (Phi) is 5.28. The van der Waals surface area contributed by atoms with Crippen LogP contribution in [0.15, 0.2) is 30.3 Å². The first-order valence-corrected chi connectivity index (χ1v) is 5.60. The average Bonchev–Trinajstić information content (AvgIpc) is 2.30. The van der Waals surface area contributed by atoms with Gasteiger partial charge in [0.05, 0.1) is 5.92 Å². The molecule has 0 bridgehead atoms. The number of hydrogen-bond acceptors (Lipinski definition) is 2. The topological polar surface area (TPSA) is 12.5 Å². The average molecular weight is 282 g/mol. The van der Waals surface area contributed by atoms with Crippen LogP contribution in [0.25, 0.3) is 0 Å². The number of benzene rings is 1. The molecule has 0 saturated carbocycles. The molecule has 18 heavy (non-hydrogen) atoms. The van der Waals surface area contributed by atoms with Gasteiger partial charge in [0.25, 0.3) is 0 Å². The van der Waals surface area contributed by atoms with Gasteiger partial charge in [-0.2, -0.15) is 13.2 Å². The number of nitrogens with zero attached hydrogens (tertiary/aromatic N) is 1. The molecule has 1 aromatic carbocycles. The first-order valence-electron chi connectivity index (χ1n) is 5.60. The maximum absolute atomic E-state index is 12.4. The quantitative estimate of drug-likeness (QED) is 0.820. The summed E-state index contributed by atoms with van der Waals surface area (Å²) in [7, 11) is 0. The molecule has 1 saturated heterocycles. The lowest BCUT2D eigenvalue weighted by molar-refractivity contribution is -0.199. The predicted molar refractivity (Wildman–Crippen MR) is 64.7 cm³/mol. The molecular formula is C12H15ClF3NO. The van der Waals surface area contributed by atoms with E-state index in [4.69, 9.17) is 4.84 Å². The Labute approximate surface area is 110 Å². The Hall–Kier alpha value is -0.940. The molecule has 102 valence electrons. The molecule has 0 N–H and O–H groups in total. The zero-order valence-corrected chi connectivity index (χ0v) is 10.5. The van der Waals surface area contributed by atoms with Gasteiger partial charge in [-0.1, -0.05) is 18.2 Å². The summed E-state index contributed by atoms with van der Waals surface area (Å²) in [6, 6.07) is 9.10. The molecule has 1 aromatic rings. The highest BCUT2D eigenvalue weighted by atomic mass is 35.5. The third-order valence-corrected chi connectivity index (χ3v) is 2.89.